The molecule has 1 aromatic carbocycles. The molecule has 0 radical (unpaired) electrons. The molecule has 0 amide bonds. The maximum Gasteiger partial charge on any atom is 0.175 e. The fourth-order valence-corrected chi connectivity index (χ4v) is 1.97. The standard InChI is InChI=1S/C7H3Br2ClN2/c8-5-3(10)1-2-4-6(5)12-7(9)11-4/h1-2H,(H,11,12). The molecule has 0 aliphatic rings. The number of H-pyrrole nitrogens is 1. The van der Waals surface area contributed by atoms with Crippen LogP contribution in [0.5, 0.6) is 0 Å². The molecule has 2 rings (SSSR count). The largest absolute Gasteiger partial charge is 0.332 e. The lowest BCUT2D eigenvalue weighted by atomic mass is 10.3. The molecule has 2 aromatic rings. The quantitative estimate of drug-likeness (QED) is 0.789. The van der Waals surface area contributed by atoms with Gasteiger partial charge in [-0.2, -0.15) is 0 Å². The van der Waals surface area contributed by atoms with Gasteiger partial charge >= 0.3 is 0 Å². The maximum atomic E-state index is 5.88. The molecule has 1 heterocycles. The fourth-order valence-electron chi connectivity index (χ4n) is 0.987. The third-order valence-corrected chi connectivity index (χ3v) is 3.24. The highest BCUT2D eigenvalue weighted by Gasteiger charge is 2.06. The number of hydrogen-bond donors (Lipinski definition) is 1. The van der Waals surface area contributed by atoms with E-state index in [4.69, 9.17) is 11.6 Å². The molecule has 2 nitrogen and oxygen atoms in total. The van der Waals surface area contributed by atoms with Crippen LogP contribution in [0.3, 0.4) is 0 Å². The van der Waals surface area contributed by atoms with Crippen LogP contribution in [0.25, 0.3) is 11.0 Å². The van der Waals surface area contributed by atoms with Gasteiger partial charge < -0.3 is 4.98 Å². The van der Waals surface area contributed by atoms with Crippen molar-refractivity contribution in [2.24, 2.45) is 0 Å². The van der Waals surface area contributed by atoms with E-state index in [-0.39, 0.29) is 0 Å². The van der Waals surface area contributed by atoms with Gasteiger partial charge in [-0.25, -0.2) is 4.98 Å². The summed E-state index contributed by atoms with van der Waals surface area (Å²) in [7, 11) is 0. The Labute approximate surface area is 90.6 Å². The first-order valence-corrected chi connectivity index (χ1v) is 5.14. The lowest BCUT2D eigenvalue weighted by Gasteiger charge is -1.94. The predicted molar refractivity (Wildman–Crippen MR) is 56.5 cm³/mol. The predicted octanol–water partition coefficient (Wildman–Crippen LogP) is 3.74. The van der Waals surface area contributed by atoms with E-state index in [1.54, 1.807) is 0 Å². The van der Waals surface area contributed by atoms with Crippen molar-refractivity contribution in [3.05, 3.63) is 26.4 Å². The molecule has 12 heavy (non-hydrogen) atoms. The number of imidazole rings is 1. The monoisotopic (exact) mass is 308 g/mol. The van der Waals surface area contributed by atoms with E-state index < -0.39 is 0 Å². The van der Waals surface area contributed by atoms with Crippen molar-refractivity contribution in [1.82, 2.24) is 9.97 Å². The Morgan fingerprint density at radius 2 is 2.08 bits per heavy atom. The van der Waals surface area contributed by atoms with Crippen molar-refractivity contribution in [2.45, 2.75) is 0 Å². The van der Waals surface area contributed by atoms with Gasteiger partial charge in [0.25, 0.3) is 0 Å². The summed E-state index contributed by atoms with van der Waals surface area (Å²) < 4.78 is 1.53. The molecular weight excluding hydrogens is 307 g/mol. The molecule has 0 saturated carbocycles. The summed E-state index contributed by atoms with van der Waals surface area (Å²) in [6.45, 7) is 0. The average molecular weight is 310 g/mol. The summed E-state index contributed by atoms with van der Waals surface area (Å²) in [5.74, 6) is 0. The lowest BCUT2D eigenvalue weighted by molar-refractivity contribution is 1.27. The maximum absolute atomic E-state index is 5.88. The topological polar surface area (TPSA) is 28.7 Å². The lowest BCUT2D eigenvalue weighted by Crippen LogP contribution is -1.72. The van der Waals surface area contributed by atoms with E-state index in [1.807, 2.05) is 12.1 Å². The molecule has 1 aromatic heterocycles. The van der Waals surface area contributed by atoms with E-state index >= 15 is 0 Å². The fraction of sp³-hybridized carbons (Fsp3) is 0. The zero-order valence-electron chi connectivity index (χ0n) is 5.74. The Morgan fingerprint density at radius 1 is 1.33 bits per heavy atom. The first-order valence-electron chi connectivity index (χ1n) is 3.17. The number of rotatable bonds is 0. The van der Waals surface area contributed by atoms with Gasteiger partial charge in [0, 0.05) is 0 Å². The molecule has 62 valence electrons. The SMILES string of the molecule is Clc1ccc2[nH]c(Br)nc2c1Br. The van der Waals surface area contributed by atoms with Gasteiger partial charge in [-0.05, 0) is 44.0 Å². The smallest absolute Gasteiger partial charge is 0.175 e. The summed E-state index contributed by atoms with van der Waals surface area (Å²) >= 11 is 12.5. The van der Waals surface area contributed by atoms with Crippen molar-refractivity contribution in [3.8, 4) is 0 Å². The molecule has 0 spiro atoms. The van der Waals surface area contributed by atoms with E-state index in [2.05, 4.69) is 41.8 Å². The van der Waals surface area contributed by atoms with E-state index in [9.17, 15) is 0 Å². The number of aromatic nitrogens is 2. The minimum atomic E-state index is 0.668. The number of benzene rings is 1. The number of aromatic amines is 1. The Bertz CT molecular complexity index is 438. The van der Waals surface area contributed by atoms with Gasteiger partial charge in [0.15, 0.2) is 4.73 Å². The van der Waals surface area contributed by atoms with Crippen molar-refractivity contribution in [3.63, 3.8) is 0 Å². The van der Waals surface area contributed by atoms with E-state index in [1.165, 1.54) is 0 Å². The summed E-state index contributed by atoms with van der Waals surface area (Å²) in [5, 5.41) is 0.668. The van der Waals surface area contributed by atoms with Gasteiger partial charge in [0.2, 0.25) is 0 Å². The second-order valence-electron chi connectivity index (χ2n) is 2.29. The average Bonchev–Trinajstić information content (AvgIpc) is 2.39. The van der Waals surface area contributed by atoms with Gasteiger partial charge in [0.1, 0.15) is 5.52 Å². The van der Waals surface area contributed by atoms with Gasteiger partial charge in [-0.15, -0.1) is 0 Å². The van der Waals surface area contributed by atoms with Crippen molar-refractivity contribution in [1.29, 1.82) is 0 Å². The summed E-state index contributed by atoms with van der Waals surface area (Å²) in [4.78, 5) is 7.25. The summed E-state index contributed by atoms with van der Waals surface area (Å²) in [5.41, 5.74) is 1.80. The Balaban J connectivity index is 2.89. The highest BCUT2D eigenvalue weighted by Crippen LogP contribution is 2.30. The van der Waals surface area contributed by atoms with Crippen LogP contribution in [0.1, 0.15) is 0 Å². The highest BCUT2D eigenvalue weighted by atomic mass is 79.9. The van der Waals surface area contributed by atoms with Crippen molar-refractivity contribution >= 4 is 54.5 Å². The van der Waals surface area contributed by atoms with Gasteiger partial charge in [-0.1, -0.05) is 11.6 Å². The highest BCUT2D eigenvalue weighted by molar-refractivity contribution is 9.11. The number of halogens is 3. The molecule has 0 unspecified atom stereocenters. The number of fused-ring (bicyclic) bond motifs is 1. The van der Waals surface area contributed by atoms with Crippen LogP contribution in [0.2, 0.25) is 5.02 Å². The van der Waals surface area contributed by atoms with E-state index in [0.717, 1.165) is 15.5 Å². The van der Waals surface area contributed by atoms with Crippen LogP contribution in [0, 0.1) is 0 Å². The second kappa shape index (κ2) is 3.01. The van der Waals surface area contributed by atoms with Crippen LogP contribution < -0.4 is 0 Å². The normalized spacial score (nSPS) is 10.9. The first kappa shape index (κ1) is 8.53. The summed E-state index contributed by atoms with van der Waals surface area (Å²) in [6.07, 6.45) is 0. The number of nitrogens with zero attached hydrogens (tertiary/aromatic N) is 1. The third-order valence-electron chi connectivity index (χ3n) is 1.52. The minimum Gasteiger partial charge on any atom is -0.332 e. The third kappa shape index (κ3) is 1.28. The van der Waals surface area contributed by atoms with Crippen LogP contribution in [0.15, 0.2) is 21.3 Å². The Kier molecular flexibility index (Phi) is 2.14. The Morgan fingerprint density at radius 3 is 2.83 bits per heavy atom. The molecular formula is C7H3Br2ClN2. The Hall–Kier alpha value is -0.0600. The molecule has 0 aliphatic carbocycles. The molecule has 1 N–H and O–H groups in total. The van der Waals surface area contributed by atoms with E-state index in [0.29, 0.717) is 9.76 Å². The van der Waals surface area contributed by atoms with Crippen molar-refractivity contribution < 1.29 is 0 Å². The second-order valence-corrected chi connectivity index (χ2v) is 4.24. The van der Waals surface area contributed by atoms with Crippen molar-refractivity contribution in [2.75, 3.05) is 0 Å². The first-order chi connectivity index (χ1) is 5.68. The molecule has 0 atom stereocenters. The molecule has 0 bridgehead atoms. The van der Waals surface area contributed by atoms with Crippen LogP contribution >= 0.6 is 43.5 Å². The number of nitrogens with one attached hydrogen (secondary N) is 1. The minimum absolute atomic E-state index is 0.668. The van der Waals surface area contributed by atoms with Gasteiger partial charge in [0.05, 0.1) is 15.0 Å². The van der Waals surface area contributed by atoms with Crippen LogP contribution in [0.4, 0.5) is 0 Å². The summed E-state index contributed by atoms with van der Waals surface area (Å²) in [6, 6.07) is 3.71. The van der Waals surface area contributed by atoms with Crippen LogP contribution in [-0.4, -0.2) is 9.97 Å². The number of hydrogen-bond acceptors (Lipinski definition) is 1. The van der Waals surface area contributed by atoms with Crippen LogP contribution in [-0.2, 0) is 0 Å². The molecule has 0 aliphatic heterocycles. The zero-order valence-corrected chi connectivity index (χ0v) is 9.66. The zero-order chi connectivity index (χ0) is 8.72. The molecule has 0 saturated heterocycles. The molecule has 0 fully saturated rings. The van der Waals surface area contributed by atoms with Gasteiger partial charge in [-0.3, -0.25) is 0 Å². The molecule has 5 heteroatoms.